The van der Waals surface area contributed by atoms with Crippen LogP contribution in [0.2, 0.25) is 0 Å². The molecule has 0 aromatic heterocycles. The van der Waals surface area contributed by atoms with Gasteiger partial charge in [0.25, 0.3) is 0 Å². The van der Waals surface area contributed by atoms with E-state index in [4.69, 9.17) is 24.3 Å². The van der Waals surface area contributed by atoms with Crippen molar-refractivity contribution < 1.29 is 32.8 Å². The van der Waals surface area contributed by atoms with Gasteiger partial charge < -0.3 is 20.1 Å². The summed E-state index contributed by atoms with van der Waals surface area (Å²) in [5.74, 6) is -0.363. The summed E-state index contributed by atoms with van der Waals surface area (Å²) in [6, 6.07) is 0. The molecule has 364 valence electrons. The number of hydrogen-bond donors (Lipinski definition) is 2. The largest absolute Gasteiger partial charge is 0.472 e. The van der Waals surface area contributed by atoms with Crippen LogP contribution in [0.3, 0.4) is 0 Å². The molecule has 0 rings (SSSR count). The molecule has 0 heterocycles. The van der Waals surface area contributed by atoms with Crippen molar-refractivity contribution in [1.82, 2.24) is 0 Å². The normalized spacial score (nSPS) is 14.4. The molecule has 2 atom stereocenters. The third kappa shape index (κ3) is 49.9. The van der Waals surface area contributed by atoms with Gasteiger partial charge in [0.05, 0.1) is 19.8 Å². The van der Waals surface area contributed by atoms with Gasteiger partial charge in [-0.05, 0) is 109 Å². The van der Waals surface area contributed by atoms with Gasteiger partial charge in [0, 0.05) is 19.6 Å². The van der Waals surface area contributed by atoms with E-state index in [9.17, 15) is 14.3 Å². The van der Waals surface area contributed by atoms with Gasteiger partial charge in [-0.2, -0.15) is 0 Å². The zero-order valence-corrected chi connectivity index (χ0v) is 41.4. The average Bonchev–Trinajstić information content (AvgIpc) is 3.29. The number of phosphoric ester groups is 1. The summed E-state index contributed by atoms with van der Waals surface area (Å²) in [6.07, 6.45) is 70.9. The second-order valence-corrected chi connectivity index (χ2v) is 17.4. The van der Waals surface area contributed by atoms with Crippen LogP contribution >= 0.6 is 7.82 Å². The molecule has 0 spiro atoms. The number of ether oxygens (including phenoxy) is 2. The number of carbonyl (C=O) groups excluding carboxylic acids is 1. The van der Waals surface area contributed by atoms with E-state index < -0.39 is 13.9 Å². The summed E-state index contributed by atoms with van der Waals surface area (Å²) in [4.78, 5) is 22.6. The van der Waals surface area contributed by atoms with Gasteiger partial charge in [-0.25, -0.2) is 4.57 Å². The molecular weight excluding hydrogens is 818 g/mol. The molecule has 0 saturated carbocycles. The van der Waals surface area contributed by atoms with Gasteiger partial charge in [-0.3, -0.25) is 13.8 Å². The third-order valence-electron chi connectivity index (χ3n) is 9.86. The Morgan fingerprint density at radius 2 is 0.875 bits per heavy atom. The minimum Gasteiger partial charge on any atom is -0.457 e. The van der Waals surface area contributed by atoms with Crippen LogP contribution < -0.4 is 5.73 Å². The topological polar surface area (TPSA) is 117 Å². The molecule has 0 bridgehead atoms. The van der Waals surface area contributed by atoms with Crippen molar-refractivity contribution in [2.45, 2.75) is 187 Å². The molecule has 0 aromatic carbocycles. The fourth-order valence-corrected chi connectivity index (χ4v) is 6.98. The number of esters is 1. The highest BCUT2D eigenvalue weighted by molar-refractivity contribution is 7.47. The average molecular weight is 910 g/mol. The van der Waals surface area contributed by atoms with Crippen LogP contribution in [0.4, 0.5) is 0 Å². The first kappa shape index (κ1) is 60.9. The van der Waals surface area contributed by atoms with Crippen molar-refractivity contribution in [3.63, 3.8) is 0 Å². The minimum atomic E-state index is -4.31. The third-order valence-corrected chi connectivity index (χ3v) is 10.8. The maximum absolute atomic E-state index is 12.6. The second-order valence-electron chi connectivity index (χ2n) is 15.9. The molecule has 3 N–H and O–H groups in total. The van der Waals surface area contributed by atoms with Gasteiger partial charge in [-0.1, -0.05) is 187 Å². The first-order valence-electron chi connectivity index (χ1n) is 25.0. The predicted octanol–water partition coefficient (Wildman–Crippen LogP) is 15.8. The van der Waals surface area contributed by atoms with Crippen molar-refractivity contribution >= 4 is 13.8 Å². The molecule has 0 amide bonds. The van der Waals surface area contributed by atoms with Gasteiger partial charge in [0.15, 0.2) is 0 Å². The Kier molecular flexibility index (Phi) is 48.4. The monoisotopic (exact) mass is 910 g/mol. The lowest BCUT2D eigenvalue weighted by Gasteiger charge is -2.20. The predicted molar refractivity (Wildman–Crippen MR) is 274 cm³/mol. The van der Waals surface area contributed by atoms with E-state index in [1.165, 1.54) is 51.4 Å². The Morgan fingerprint density at radius 1 is 0.484 bits per heavy atom. The Balaban J connectivity index is 4.14. The lowest BCUT2D eigenvalue weighted by Crippen LogP contribution is -2.28. The summed E-state index contributed by atoms with van der Waals surface area (Å²) in [6.45, 7) is 4.63. The lowest BCUT2D eigenvalue weighted by molar-refractivity contribution is -0.154. The molecule has 0 radical (unpaired) electrons. The highest BCUT2D eigenvalue weighted by atomic mass is 31.2. The van der Waals surface area contributed by atoms with E-state index in [-0.39, 0.29) is 38.8 Å². The van der Waals surface area contributed by atoms with Crippen LogP contribution in [0.1, 0.15) is 181 Å². The van der Waals surface area contributed by atoms with Crippen molar-refractivity contribution in [2.75, 3.05) is 33.0 Å². The Hall–Kier alpha value is -3.10. The summed E-state index contributed by atoms with van der Waals surface area (Å²) < 4.78 is 33.5. The van der Waals surface area contributed by atoms with Gasteiger partial charge >= 0.3 is 13.8 Å². The maximum atomic E-state index is 12.6. The number of allylic oxidation sites excluding steroid dienone is 20. The molecule has 0 aliphatic heterocycles. The number of phosphoric acid groups is 1. The summed E-state index contributed by atoms with van der Waals surface area (Å²) >= 11 is 0. The van der Waals surface area contributed by atoms with Crippen LogP contribution in [0.25, 0.3) is 0 Å². The summed E-state index contributed by atoms with van der Waals surface area (Å²) in [5, 5.41) is 0. The minimum absolute atomic E-state index is 0.0720. The second kappa shape index (κ2) is 50.9. The molecule has 0 aliphatic carbocycles. The van der Waals surface area contributed by atoms with E-state index >= 15 is 0 Å². The lowest BCUT2D eigenvalue weighted by atomic mass is 10.1. The highest BCUT2D eigenvalue weighted by Gasteiger charge is 2.25. The molecule has 64 heavy (non-hydrogen) atoms. The maximum Gasteiger partial charge on any atom is 0.472 e. The number of rotatable bonds is 46. The van der Waals surface area contributed by atoms with E-state index in [0.717, 1.165) is 109 Å². The van der Waals surface area contributed by atoms with Gasteiger partial charge in [0.1, 0.15) is 6.10 Å². The Labute approximate surface area is 392 Å². The van der Waals surface area contributed by atoms with E-state index in [1.807, 2.05) is 0 Å². The van der Waals surface area contributed by atoms with Crippen molar-refractivity contribution in [2.24, 2.45) is 5.73 Å². The quantitative estimate of drug-likeness (QED) is 0.0268. The highest BCUT2D eigenvalue weighted by Crippen LogP contribution is 2.43. The van der Waals surface area contributed by atoms with Crippen molar-refractivity contribution in [1.29, 1.82) is 0 Å². The van der Waals surface area contributed by atoms with E-state index in [2.05, 4.69) is 135 Å². The molecule has 2 unspecified atom stereocenters. The number of unbranched alkanes of at least 4 members (excludes halogenated alkanes) is 13. The fraction of sp³-hybridized carbons (Fsp3) is 0.618. The van der Waals surface area contributed by atoms with Gasteiger partial charge in [-0.15, -0.1) is 0 Å². The van der Waals surface area contributed by atoms with Crippen LogP contribution in [0.5, 0.6) is 0 Å². The first-order chi connectivity index (χ1) is 31.4. The van der Waals surface area contributed by atoms with Crippen LogP contribution in [0.15, 0.2) is 122 Å². The molecule has 9 heteroatoms. The first-order valence-corrected chi connectivity index (χ1v) is 26.5. The SMILES string of the molecule is CC/C=C\C/C=C\C/C=C\C/C=C\C/C=C\C/C=C\C/C=C\CCCCOCC(COP(=O)(O)OCCN)OC(=O)CCCCCCCC/C=C\C/C=C\C/C=C\CCCCCCC. The van der Waals surface area contributed by atoms with Crippen LogP contribution in [0, 0.1) is 0 Å². The fourth-order valence-electron chi connectivity index (χ4n) is 6.22. The Morgan fingerprint density at radius 3 is 1.31 bits per heavy atom. The smallest absolute Gasteiger partial charge is 0.457 e. The zero-order valence-electron chi connectivity index (χ0n) is 40.5. The van der Waals surface area contributed by atoms with Crippen LogP contribution in [-0.2, 0) is 27.9 Å². The van der Waals surface area contributed by atoms with Crippen LogP contribution in [-0.4, -0.2) is 49.9 Å². The number of carbonyl (C=O) groups is 1. The standard InChI is InChI=1S/C55H92NO7P/c1-3-5-7-9-11-13-15-17-19-21-23-25-26-27-29-31-33-35-37-39-41-43-45-47-50-60-52-54(53-62-64(58,59)61-51-49-56)63-55(57)48-46-44-42-40-38-36-34-32-30-28-24-22-20-18-16-14-12-10-8-6-4-2/h5,7,11,13,16-19,22-25,27,29-30,32-33,35,39,41,54H,3-4,6,8-10,12,14-15,20-21,26,28,31,34,36-38,40,42-53,56H2,1-2H3,(H,58,59)/b7-5-,13-11-,18-16-,19-17-,24-22-,25-23-,29-27-,32-30-,35-33-,41-39-. The van der Waals surface area contributed by atoms with Crippen molar-refractivity contribution in [3.05, 3.63) is 122 Å². The zero-order chi connectivity index (χ0) is 46.5. The molecule has 0 aliphatic rings. The summed E-state index contributed by atoms with van der Waals surface area (Å²) in [5.41, 5.74) is 5.38. The number of nitrogens with two attached hydrogens (primary N) is 1. The Bertz CT molecular complexity index is 1390. The van der Waals surface area contributed by atoms with E-state index in [0.29, 0.717) is 6.61 Å². The summed E-state index contributed by atoms with van der Waals surface area (Å²) in [7, 11) is -4.31. The molecule has 8 nitrogen and oxygen atoms in total. The molecular formula is C55H92NO7P. The molecule has 0 fully saturated rings. The van der Waals surface area contributed by atoms with E-state index in [1.54, 1.807) is 0 Å². The molecule has 0 aromatic rings. The van der Waals surface area contributed by atoms with Crippen molar-refractivity contribution in [3.8, 4) is 0 Å². The number of hydrogen-bond acceptors (Lipinski definition) is 7. The molecule has 0 saturated heterocycles. The van der Waals surface area contributed by atoms with Gasteiger partial charge in [0.2, 0.25) is 0 Å².